The van der Waals surface area contributed by atoms with Gasteiger partial charge in [-0.05, 0) is 18.6 Å². The van der Waals surface area contributed by atoms with Gasteiger partial charge in [-0.3, -0.25) is 4.79 Å². The summed E-state index contributed by atoms with van der Waals surface area (Å²) in [6.07, 6.45) is 1.39. The first-order valence-corrected chi connectivity index (χ1v) is 8.67. The summed E-state index contributed by atoms with van der Waals surface area (Å²) in [6.45, 7) is 3.04. The van der Waals surface area contributed by atoms with E-state index in [4.69, 9.17) is 4.74 Å². The van der Waals surface area contributed by atoms with E-state index in [1.807, 2.05) is 36.4 Å². The Morgan fingerprint density at radius 3 is 2.70 bits per heavy atom. The van der Waals surface area contributed by atoms with Gasteiger partial charge in [0.25, 0.3) is 5.91 Å². The molecule has 1 heterocycles. The highest BCUT2D eigenvalue weighted by molar-refractivity contribution is 5.92. The third-order valence-electron chi connectivity index (χ3n) is 4.09. The van der Waals surface area contributed by atoms with Crippen molar-refractivity contribution in [2.45, 2.75) is 20.0 Å². The molecule has 0 bridgehead atoms. The molecule has 6 nitrogen and oxygen atoms in total. The maximum Gasteiger partial charge on any atom is 0.270 e. The zero-order chi connectivity index (χ0) is 19.1. The van der Waals surface area contributed by atoms with Gasteiger partial charge in [-0.15, -0.1) is 0 Å². The largest absolute Gasteiger partial charge is 0.496 e. The fourth-order valence-electron chi connectivity index (χ4n) is 2.71. The number of benzene rings is 2. The Morgan fingerprint density at radius 2 is 1.89 bits per heavy atom. The first kappa shape index (κ1) is 18.4. The van der Waals surface area contributed by atoms with Crippen molar-refractivity contribution in [3.63, 3.8) is 0 Å². The molecule has 3 aromatic rings. The van der Waals surface area contributed by atoms with E-state index in [9.17, 15) is 4.79 Å². The van der Waals surface area contributed by atoms with Crippen LogP contribution in [0.4, 0.5) is 5.82 Å². The Hall–Kier alpha value is -3.41. The van der Waals surface area contributed by atoms with Crippen LogP contribution in [0.3, 0.4) is 0 Å². The van der Waals surface area contributed by atoms with Gasteiger partial charge in [-0.2, -0.15) is 0 Å². The fraction of sp³-hybridized carbons (Fsp3) is 0.190. The number of rotatable bonds is 7. The molecule has 0 fully saturated rings. The van der Waals surface area contributed by atoms with Crippen molar-refractivity contribution in [3.8, 4) is 5.75 Å². The lowest BCUT2D eigenvalue weighted by molar-refractivity contribution is 0.0945. The molecule has 1 aromatic heterocycles. The number of aryl methyl sites for hydroxylation is 1. The van der Waals surface area contributed by atoms with Gasteiger partial charge in [0.1, 0.15) is 23.6 Å². The first-order valence-electron chi connectivity index (χ1n) is 8.67. The van der Waals surface area contributed by atoms with Crippen LogP contribution in [0.2, 0.25) is 0 Å². The molecule has 0 spiro atoms. The molecule has 0 saturated heterocycles. The van der Waals surface area contributed by atoms with Crippen molar-refractivity contribution in [2.75, 3.05) is 12.4 Å². The number of amides is 1. The Morgan fingerprint density at radius 1 is 1.04 bits per heavy atom. The van der Waals surface area contributed by atoms with Crippen LogP contribution in [0.5, 0.6) is 5.75 Å². The SMILES string of the molecule is COc1ccccc1CNC(=O)c1cc(NCc2cccc(C)c2)ncn1. The summed E-state index contributed by atoms with van der Waals surface area (Å²) in [7, 11) is 1.61. The third kappa shape index (κ3) is 5.04. The smallest absolute Gasteiger partial charge is 0.270 e. The van der Waals surface area contributed by atoms with E-state index in [1.165, 1.54) is 11.9 Å². The lowest BCUT2D eigenvalue weighted by Crippen LogP contribution is -2.24. The van der Waals surface area contributed by atoms with E-state index in [0.29, 0.717) is 24.6 Å². The number of aromatic nitrogens is 2. The molecule has 1 amide bonds. The molecule has 0 atom stereocenters. The Balaban J connectivity index is 1.61. The van der Waals surface area contributed by atoms with Gasteiger partial charge in [0.2, 0.25) is 0 Å². The molecule has 0 aliphatic carbocycles. The molecule has 2 aromatic carbocycles. The average molecular weight is 362 g/mol. The van der Waals surface area contributed by atoms with Crippen molar-refractivity contribution in [2.24, 2.45) is 0 Å². The zero-order valence-corrected chi connectivity index (χ0v) is 15.4. The molecule has 0 radical (unpaired) electrons. The van der Waals surface area contributed by atoms with Gasteiger partial charge in [-0.1, -0.05) is 48.0 Å². The molecule has 6 heteroatoms. The molecule has 0 aliphatic rings. The maximum atomic E-state index is 12.4. The van der Waals surface area contributed by atoms with Gasteiger partial charge in [-0.25, -0.2) is 9.97 Å². The second kappa shape index (κ2) is 8.80. The quantitative estimate of drug-likeness (QED) is 0.674. The lowest BCUT2D eigenvalue weighted by atomic mass is 10.1. The van der Waals surface area contributed by atoms with Crippen molar-refractivity contribution >= 4 is 11.7 Å². The minimum Gasteiger partial charge on any atom is -0.496 e. The second-order valence-corrected chi connectivity index (χ2v) is 6.13. The van der Waals surface area contributed by atoms with E-state index in [0.717, 1.165) is 16.9 Å². The van der Waals surface area contributed by atoms with Crippen molar-refractivity contribution < 1.29 is 9.53 Å². The standard InChI is InChI=1S/C21H22N4O2/c1-15-6-5-7-16(10-15)12-22-20-11-18(24-14-25-20)21(26)23-13-17-8-3-4-9-19(17)27-2/h3-11,14H,12-13H2,1-2H3,(H,23,26)(H,22,24,25). The topological polar surface area (TPSA) is 76.1 Å². The van der Waals surface area contributed by atoms with Gasteiger partial charge >= 0.3 is 0 Å². The van der Waals surface area contributed by atoms with Gasteiger partial charge in [0.05, 0.1) is 7.11 Å². The summed E-state index contributed by atoms with van der Waals surface area (Å²) in [5.41, 5.74) is 3.57. The Bertz CT molecular complexity index is 927. The fourth-order valence-corrected chi connectivity index (χ4v) is 2.71. The summed E-state index contributed by atoms with van der Waals surface area (Å²) >= 11 is 0. The molecular weight excluding hydrogens is 340 g/mol. The van der Waals surface area contributed by atoms with E-state index in [1.54, 1.807) is 13.2 Å². The number of anilines is 1. The minimum absolute atomic E-state index is 0.262. The van der Waals surface area contributed by atoms with Crippen LogP contribution in [0.15, 0.2) is 60.9 Å². The molecule has 27 heavy (non-hydrogen) atoms. The maximum absolute atomic E-state index is 12.4. The monoisotopic (exact) mass is 362 g/mol. The van der Waals surface area contributed by atoms with Crippen LogP contribution >= 0.6 is 0 Å². The molecule has 3 rings (SSSR count). The van der Waals surface area contributed by atoms with Crippen LogP contribution in [-0.4, -0.2) is 23.0 Å². The van der Waals surface area contributed by atoms with Crippen LogP contribution in [0, 0.1) is 6.92 Å². The lowest BCUT2D eigenvalue weighted by Gasteiger charge is -2.10. The molecule has 138 valence electrons. The summed E-state index contributed by atoms with van der Waals surface area (Å²) in [4.78, 5) is 20.7. The number of hydrogen-bond donors (Lipinski definition) is 2. The number of para-hydroxylation sites is 1. The zero-order valence-electron chi connectivity index (χ0n) is 15.4. The van der Waals surface area contributed by atoms with Crippen LogP contribution < -0.4 is 15.4 Å². The number of nitrogens with zero attached hydrogens (tertiary/aromatic N) is 2. The summed E-state index contributed by atoms with van der Waals surface area (Å²) in [5.74, 6) is 1.08. The number of carbonyl (C=O) groups excluding carboxylic acids is 1. The van der Waals surface area contributed by atoms with Crippen LogP contribution in [0.1, 0.15) is 27.2 Å². The number of ether oxygens (including phenoxy) is 1. The highest BCUT2D eigenvalue weighted by atomic mass is 16.5. The summed E-state index contributed by atoms with van der Waals surface area (Å²) < 4.78 is 5.30. The molecule has 2 N–H and O–H groups in total. The van der Waals surface area contributed by atoms with E-state index < -0.39 is 0 Å². The molecule has 0 saturated carbocycles. The van der Waals surface area contributed by atoms with E-state index in [2.05, 4.69) is 39.7 Å². The Labute approximate surface area is 158 Å². The Kier molecular flexibility index (Phi) is 5.99. The normalized spacial score (nSPS) is 10.3. The number of nitrogens with one attached hydrogen (secondary N) is 2. The summed E-state index contributed by atoms with van der Waals surface area (Å²) in [5, 5.41) is 6.09. The predicted octanol–water partition coefficient (Wildman–Crippen LogP) is 3.34. The highest BCUT2D eigenvalue weighted by Crippen LogP contribution is 2.17. The number of methoxy groups -OCH3 is 1. The minimum atomic E-state index is -0.262. The van der Waals surface area contributed by atoms with Crippen molar-refractivity contribution in [3.05, 3.63) is 83.3 Å². The van der Waals surface area contributed by atoms with Crippen molar-refractivity contribution in [1.29, 1.82) is 0 Å². The average Bonchev–Trinajstić information content (AvgIpc) is 2.71. The van der Waals surface area contributed by atoms with Gasteiger partial charge in [0.15, 0.2) is 0 Å². The van der Waals surface area contributed by atoms with E-state index >= 15 is 0 Å². The van der Waals surface area contributed by atoms with Crippen LogP contribution in [0.25, 0.3) is 0 Å². The predicted molar refractivity (Wildman–Crippen MR) is 105 cm³/mol. The third-order valence-corrected chi connectivity index (χ3v) is 4.09. The molecule has 0 unspecified atom stereocenters. The van der Waals surface area contributed by atoms with Gasteiger partial charge < -0.3 is 15.4 Å². The van der Waals surface area contributed by atoms with Gasteiger partial charge in [0, 0.05) is 24.7 Å². The van der Waals surface area contributed by atoms with Crippen molar-refractivity contribution in [1.82, 2.24) is 15.3 Å². The highest BCUT2D eigenvalue weighted by Gasteiger charge is 2.10. The number of hydrogen-bond acceptors (Lipinski definition) is 5. The molecule has 0 aliphatic heterocycles. The second-order valence-electron chi connectivity index (χ2n) is 6.13. The van der Waals surface area contributed by atoms with E-state index in [-0.39, 0.29) is 5.91 Å². The van der Waals surface area contributed by atoms with Crippen LogP contribution in [-0.2, 0) is 13.1 Å². The first-order chi connectivity index (χ1) is 13.2. The summed E-state index contributed by atoms with van der Waals surface area (Å²) in [6, 6.07) is 17.4. The number of carbonyl (C=O) groups is 1. The molecular formula is C21H22N4O2.